The van der Waals surface area contributed by atoms with Gasteiger partial charge in [-0.2, -0.15) is 0 Å². The zero-order valence-corrected chi connectivity index (χ0v) is 11.4. The van der Waals surface area contributed by atoms with Gasteiger partial charge in [0.2, 0.25) is 0 Å². The van der Waals surface area contributed by atoms with Gasteiger partial charge in [-0.15, -0.1) is 0 Å². The average Bonchev–Trinajstić information content (AvgIpc) is 2.91. The molecule has 1 heterocycles. The number of aromatic amines is 1. The molecule has 2 atom stereocenters. The Morgan fingerprint density at radius 2 is 1.70 bits per heavy atom. The molecule has 102 valence electrons. The minimum Gasteiger partial charge on any atom is -0.379 e. The van der Waals surface area contributed by atoms with Crippen molar-refractivity contribution in [1.82, 2.24) is 4.98 Å². The highest BCUT2D eigenvalue weighted by Crippen LogP contribution is 2.36. The monoisotopic (exact) mass is 266 g/mol. The second kappa shape index (κ2) is 4.78. The second-order valence-electron chi connectivity index (χ2n) is 5.17. The molecular weight excluding hydrogens is 248 g/mol. The molecule has 0 aliphatic heterocycles. The molecule has 3 nitrogen and oxygen atoms in total. The Balaban J connectivity index is 2.26. The molecule has 3 heteroatoms. The van der Waals surface area contributed by atoms with Gasteiger partial charge >= 0.3 is 0 Å². The van der Waals surface area contributed by atoms with Gasteiger partial charge in [0.1, 0.15) is 5.60 Å². The Hall–Kier alpha value is -2.10. The number of H-pyrrole nitrogens is 1. The highest BCUT2D eigenvalue weighted by Gasteiger charge is 2.37. The third-order valence-corrected chi connectivity index (χ3v) is 3.87. The van der Waals surface area contributed by atoms with Crippen molar-refractivity contribution in [2.75, 3.05) is 0 Å². The number of aromatic nitrogens is 1. The van der Waals surface area contributed by atoms with Gasteiger partial charge in [0, 0.05) is 28.7 Å². The third kappa shape index (κ3) is 1.83. The summed E-state index contributed by atoms with van der Waals surface area (Å²) in [5, 5.41) is 12.3. The first kappa shape index (κ1) is 12.9. The molecule has 0 spiro atoms. The molecule has 20 heavy (non-hydrogen) atoms. The lowest BCUT2D eigenvalue weighted by molar-refractivity contribution is 0.0594. The van der Waals surface area contributed by atoms with E-state index >= 15 is 0 Å². The zero-order valence-electron chi connectivity index (χ0n) is 11.4. The lowest BCUT2D eigenvalue weighted by Crippen LogP contribution is -2.44. The van der Waals surface area contributed by atoms with Crippen LogP contribution in [0.4, 0.5) is 0 Å². The second-order valence-corrected chi connectivity index (χ2v) is 5.17. The van der Waals surface area contributed by atoms with Gasteiger partial charge in [-0.3, -0.25) is 0 Å². The van der Waals surface area contributed by atoms with Crippen LogP contribution in [0.3, 0.4) is 0 Å². The Bertz CT molecular complexity index is 718. The Morgan fingerprint density at radius 1 is 1.05 bits per heavy atom. The largest absolute Gasteiger partial charge is 0.379 e. The topological polar surface area (TPSA) is 62.0 Å². The van der Waals surface area contributed by atoms with E-state index in [-0.39, 0.29) is 0 Å². The first-order chi connectivity index (χ1) is 9.64. The van der Waals surface area contributed by atoms with Gasteiger partial charge in [0.25, 0.3) is 0 Å². The number of hydrogen-bond acceptors (Lipinski definition) is 2. The van der Waals surface area contributed by atoms with Crippen LogP contribution in [0, 0.1) is 0 Å². The fourth-order valence-electron chi connectivity index (χ4n) is 2.74. The highest BCUT2D eigenvalue weighted by molar-refractivity contribution is 5.84. The number of nitrogens with two attached hydrogens (primary N) is 1. The number of nitrogens with one attached hydrogen (secondary N) is 1. The Morgan fingerprint density at radius 3 is 2.40 bits per heavy atom. The molecule has 2 aromatic carbocycles. The number of rotatable bonds is 3. The van der Waals surface area contributed by atoms with Crippen LogP contribution in [-0.2, 0) is 5.60 Å². The Labute approximate surface area is 118 Å². The smallest absolute Gasteiger partial charge is 0.131 e. The predicted molar refractivity (Wildman–Crippen MR) is 81.4 cm³/mol. The van der Waals surface area contributed by atoms with Crippen molar-refractivity contribution in [2.45, 2.75) is 18.6 Å². The molecule has 4 N–H and O–H groups in total. The van der Waals surface area contributed by atoms with Crippen molar-refractivity contribution in [3.8, 4) is 0 Å². The van der Waals surface area contributed by atoms with Crippen LogP contribution in [0.25, 0.3) is 10.9 Å². The SMILES string of the molecule is C[C@@H](N)[C@](O)(c1ccccc1)c1c[nH]c2ccccc12. The summed E-state index contributed by atoms with van der Waals surface area (Å²) in [5.74, 6) is 0. The van der Waals surface area contributed by atoms with Crippen molar-refractivity contribution in [3.63, 3.8) is 0 Å². The summed E-state index contributed by atoms with van der Waals surface area (Å²) < 4.78 is 0. The molecule has 0 aliphatic carbocycles. The van der Waals surface area contributed by atoms with E-state index in [0.717, 1.165) is 22.0 Å². The van der Waals surface area contributed by atoms with Gasteiger partial charge in [0.05, 0.1) is 0 Å². The van der Waals surface area contributed by atoms with Crippen LogP contribution in [-0.4, -0.2) is 16.1 Å². The van der Waals surface area contributed by atoms with E-state index in [0.29, 0.717) is 0 Å². The van der Waals surface area contributed by atoms with Crippen LogP contribution >= 0.6 is 0 Å². The minimum atomic E-state index is -1.21. The van der Waals surface area contributed by atoms with E-state index < -0.39 is 11.6 Å². The van der Waals surface area contributed by atoms with Crippen molar-refractivity contribution < 1.29 is 5.11 Å². The third-order valence-electron chi connectivity index (χ3n) is 3.87. The van der Waals surface area contributed by atoms with Crippen molar-refractivity contribution in [3.05, 3.63) is 71.9 Å². The lowest BCUT2D eigenvalue weighted by atomic mass is 9.81. The maximum atomic E-state index is 11.3. The summed E-state index contributed by atoms with van der Waals surface area (Å²) >= 11 is 0. The van der Waals surface area contributed by atoms with Crippen molar-refractivity contribution in [1.29, 1.82) is 0 Å². The first-order valence-corrected chi connectivity index (χ1v) is 6.74. The van der Waals surface area contributed by atoms with E-state index in [1.54, 1.807) is 0 Å². The van der Waals surface area contributed by atoms with Crippen LogP contribution < -0.4 is 5.73 Å². The average molecular weight is 266 g/mol. The summed E-state index contributed by atoms with van der Waals surface area (Å²) in [6, 6.07) is 17.1. The van der Waals surface area contributed by atoms with E-state index in [9.17, 15) is 5.11 Å². The summed E-state index contributed by atoms with van der Waals surface area (Å²) in [7, 11) is 0. The first-order valence-electron chi connectivity index (χ1n) is 6.74. The van der Waals surface area contributed by atoms with Crippen molar-refractivity contribution >= 4 is 10.9 Å². The van der Waals surface area contributed by atoms with Gasteiger partial charge < -0.3 is 15.8 Å². The minimum absolute atomic E-state index is 0.427. The number of aliphatic hydroxyl groups is 1. The molecule has 1 aromatic heterocycles. The fraction of sp³-hybridized carbons (Fsp3) is 0.176. The summed E-state index contributed by atoms with van der Waals surface area (Å²) in [5.41, 5.74) is 7.53. The molecular formula is C17H18N2O. The number of para-hydroxylation sites is 1. The molecule has 0 saturated carbocycles. The standard InChI is InChI=1S/C17H18N2O/c1-12(18)17(20,13-7-3-2-4-8-13)15-11-19-16-10-6-5-9-14(15)16/h2-12,19-20H,18H2,1H3/t12-,17+/m1/s1. The molecule has 3 aromatic rings. The normalized spacial score (nSPS) is 15.9. The molecule has 0 amide bonds. The van der Waals surface area contributed by atoms with E-state index in [1.165, 1.54) is 0 Å². The van der Waals surface area contributed by atoms with E-state index in [4.69, 9.17) is 5.73 Å². The maximum Gasteiger partial charge on any atom is 0.131 e. The zero-order chi connectivity index (χ0) is 14.2. The van der Waals surface area contributed by atoms with Crippen LogP contribution in [0.2, 0.25) is 0 Å². The molecule has 0 radical (unpaired) electrons. The number of benzene rings is 2. The van der Waals surface area contributed by atoms with Crippen LogP contribution in [0.5, 0.6) is 0 Å². The van der Waals surface area contributed by atoms with Gasteiger partial charge in [0.15, 0.2) is 0 Å². The summed E-state index contributed by atoms with van der Waals surface area (Å²) in [4.78, 5) is 3.20. The van der Waals surface area contributed by atoms with Gasteiger partial charge in [-0.1, -0.05) is 48.5 Å². The Kier molecular flexibility index (Phi) is 3.08. The quantitative estimate of drug-likeness (QED) is 0.682. The lowest BCUT2D eigenvalue weighted by Gasteiger charge is -2.32. The van der Waals surface area contributed by atoms with Crippen molar-refractivity contribution in [2.24, 2.45) is 5.73 Å². The summed E-state index contributed by atoms with van der Waals surface area (Å²) in [6.07, 6.45) is 1.85. The molecule has 0 fully saturated rings. The van der Waals surface area contributed by atoms with E-state index in [1.807, 2.05) is 67.7 Å². The molecule has 0 bridgehead atoms. The fourth-order valence-corrected chi connectivity index (χ4v) is 2.74. The van der Waals surface area contributed by atoms with E-state index in [2.05, 4.69) is 4.98 Å². The molecule has 0 saturated heterocycles. The highest BCUT2D eigenvalue weighted by atomic mass is 16.3. The molecule has 0 unspecified atom stereocenters. The van der Waals surface area contributed by atoms with Gasteiger partial charge in [-0.05, 0) is 18.6 Å². The predicted octanol–water partition coefficient (Wildman–Crippen LogP) is 2.75. The number of hydrogen-bond donors (Lipinski definition) is 3. The molecule has 3 rings (SSSR count). The van der Waals surface area contributed by atoms with Crippen LogP contribution in [0.1, 0.15) is 18.1 Å². The van der Waals surface area contributed by atoms with Crippen LogP contribution in [0.15, 0.2) is 60.8 Å². The summed E-state index contributed by atoms with van der Waals surface area (Å²) in [6.45, 7) is 1.83. The van der Waals surface area contributed by atoms with Gasteiger partial charge in [-0.25, -0.2) is 0 Å². The maximum absolute atomic E-state index is 11.3. The number of fused-ring (bicyclic) bond motifs is 1. The molecule has 0 aliphatic rings.